The third kappa shape index (κ3) is 4.02. The van der Waals surface area contributed by atoms with Crippen LogP contribution in [0.2, 0.25) is 0 Å². The van der Waals surface area contributed by atoms with Gasteiger partial charge in [-0.2, -0.15) is 0 Å². The highest BCUT2D eigenvalue weighted by atomic mass is 32.1. The molecule has 144 valence electrons. The summed E-state index contributed by atoms with van der Waals surface area (Å²) < 4.78 is 11.0. The van der Waals surface area contributed by atoms with Crippen molar-refractivity contribution in [1.29, 1.82) is 0 Å². The van der Waals surface area contributed by atoms with E-state index in [1.807, 2.05) is 59.7 Å². The number of anilines is 1. The fraction of sp³-hybridized carbons (Fsp3) is 0.273. The van der Waals surface area contributed by atoms with Gasteiger partial charge in [-0.25, -0.2) is 4.98 Å². The van der Waals surface area contributed by atoms with E-state index in [2.05, 4.69) is 4.98 Å². The average Bonchev–Trinajstić information content (AvgIpc) is 3.33. The van der Waals surface area contributed by atoms with Crippen LogP contribution in [0.4, 0.5) is 5.69 Å². The first-order valence-electron chi connectivity index (χ1n) is 9.22. The lowest BCUT2D eigenvalue weighted by Gasteiger charge is -2.17. The van der Waals surface area contributed by atoms with Crippen molar-refractivity contribution in [2.24, 2.45) is 0 Å². The van der Waals surface area contributed by atoms with E-state index in [-0.39, 0.29) is 5.91 Å². The van der Waals surface area contributed by atoms with Gasteiger partial charge < -0.3 is 14.4 Å². The second kappa shape index (κ2) is 8.02. The number of hydrogen-bond acceptors (Lipinski definition) is 5. The van der Waals surface area contributed by atoms with Crippen molar-refractivity contribution in [2.45, 2.75) is 26.4 Å². The van der Waals surface area contributed by atoms with Crippen LogP contribution >= 0.6 is 11.3 Å². The third-order valence-electron chi connectivity index (χ3n) is 4.80. The van der Waals surface area contributed by atoms with E-state index >= 15 is 0 Å². The molecule has 3 aromatic rings. The number of ether oxygens (including phenoxy) is 2. The molecule has 0 spiro atoms. The Morgan fingerprint density at radius 1 is 1.18 bits per heavy atom. The number of rotatable bonds is 6. The summed E-state index contributed by atoms with van der Waals surface area (Å²) in [5.74, 6) is 1.72. The lowest BCUT2D eigenvalue weighted by atomic mass is 10.1. The van der Waals surface area contributed by atoms with Crippen LogP contribution in [0, 0.1) is 6.92 Å². The Kier molecular flexibility index (Phi) is 5.30. The largest absolute Gasteiger partial charge is 0.497 e. The molecule has 6 heteroatoms. The molecule has 2 heterocycles. The molecule has 0 unspecified atom stereocenters. The molecule has 0 bridgehead atoms. The lowest BCUT2D eigenvalue weighted by Crippen LogP contribution is -2.30. The van der Waals surface area contributed by atoms with Crippen molar-refractivity contribution in [1.82, 2.24) is 4.98 Å². The first kappa shape index (κ1) is 18.5. The summed E-state index contributed by atoms with van der Waals surface area (Å²) in [6, 6.07) is 13.8. The molecule has 28 heavy (non-hydrogen) atoms. The van der Waals surface area contributed by atoms with Crippen molar-refractivity contribution >= 4 is 22.9 Å². The van der Waals surface area contributed by atoms with Gasteiger partial charge in [-0.1, -0.05) is 17.7 Å². The van der Waals surface area contributed by atoms with Gasteiger partial charge in [0.05, 0.1) is 19.2 Å². The molecule has 0 radical (unpaired) electrons. The maximum atomic E-state index is 12.8. The minimum absolute atomic E-state index is 0.0696. The van der Waals surface area contributed by atoms with E-state index in [1.165, 1.54) is 16.9 Å². The van der Waals surface area contributed by atoms with Crippen LogP contribution in [0.25, 0.3) is 0 Å². The first-order valence-corrected chi connectivity index (χ1v) is 10.1. The Bertz CT molecular complexity index is 982. The number of amides is 1. The van der Waals surface area contributed by atoms with Crippen LogP contribution in [0.15, 0.2) is 47.8 Å². The summed E-state index contributed by atoms with van der Waals surface area (Å²) in [7, 11) is 1.65. The summed E-state index contributed by atoms with van der Waals surface area (Å²) in [6.07, 6.45) is 1.15. The van der Waals surface area contributed by atoms with Crippen LogP contribution < -0.4 is 14.4 Å². The zero-order chi connectivity index (χ0) is 19.5. The number of hydrogen-bond donors (Lipinski definition) is 0. The summed E-state index contributed by atoms with van der Waals surface area (Å²) in [4.78, 5) is 19.2. The number of aromatic nitrogens is 1. The fourth-order valence-electron chi connectivity index (χ4n) is 3.29. The number of carbonyl (C=O) groups is 1. The van der Waals surface area contributed by atoms with Gasteiger partial charge in [0.15, 0.2) is 0 Å². The number of fused-ring (bicyclic) bond motifs is 1. The maximum absolute atomic E-state index is 12.8. The number of thiazole rings is 1. The molecule has 0 aliphatic carbocycles. The van der Waals surface area contributed by atoms with Gasteiger partial charge in [-0.3, -0.25) is 4.79 Å². The molecule has 2 aromatic carbocycles. The van der Waals surface area contributed by atoms with E-state index in [0.717, 1.165) is 39.9 Å². The van der Waals surface area contributed by atoms with Crippen LogP contribution in [-0.4, -0.2) is 24.5 Å². The third-order valence-corrected chi connectivity index (χ3v) is 5.67. The van der Waals surface area contributed by atoms with Crippen LogP contribution in [0.5, 0.6) is 11.5 Å². The Balaban J connectivity index is 1.37. The summed E-state index contributed by atoms with van der Waals surface area (Å²) in [6.45, 7) is 3.16. The molecule has 0 N–H and O–H groups in total. The van der Waals surface area contributed by atoms with Gasteiger partial charge in [-0.05, 0) is 49.2 Å². The van der Waals surface area contributed by atoms with E-state index in [0.29, 0.717) is 19.6 Å². The molecule has 0 saturated carbocycles. The van der Waals surface area contributed by atoms with E-state index in [1.54, 1.807) is 7.11 Å². The summed E-state index contributed by atoms with van der Waals surface area (Å²) >= 11 is 1.52. The van der Waals surface area contributed by atoms with Gasteiger partial charge in [0.25, 0.3) is 0 Å². The molecule has 0 fully saturated rings. The molecule has 0 saturated heterocycles. The highest BCUT2D eigenvalue weighted by Crippen LogP contribution is 2.31. The van der Waals surface area contributed by atoms with Crippen molar-refractivity contribution in [3.8, 4) is 11.5 Å². The molecule has 4 rings (SSSR count). The molecular formula is C22H22N2O3S. The number of aryl methyl sites for hydroxylation is 1. The van der Waals surface area contributed by atoms with Crippen molar-refractivity contribution in [2.75, 3.05) is 18.6 Å². The van der Waals surface area contributed by atoms with Crippen LogP contribution in [-0.2, 0) is 24.2 Å². The highest BCUT2D eigenvalue weighted by Gasteiger charge is 2.25. The highest BCUT2D eigenvalue weighted by molar-refractivity contribution is 7.09. The number of carbonyl (C=O) groups excluding carboxylic acids is 1. The molecule has 1 aliphatic rings. The molecule has 1 aromatic heterocycles. The molecule has 1 amide bonds. The molecule has 0 atom stereocenters. The average molecular weight is 394 g/mol. The Morgan fingerprint density at radius 2 is 1.96 bits per heavy atom. The van der Waals surface area contributed by atoms with Crippen LogP contribution in [0.1, 0.15) is 21.8 Å². The standard InChI is InChI=1S/C22H22N2O3S/c1-15-3-5-18(6-4-15)27-13-21-23-17(14-28-21)12-22(25)24-10-9-16-11-19(26-2)7-8-20(16)24/h3-8,11,14H,9-10,12-13H2,1-2H3. The van der Waals surface area contributed by atoms with Gasteiger partial charge in [0.1, 0.15) is 23.1 Å². The topological polar surface area (TPSA) is 51.7 Å². The second-order valence-electron chi connectivity index (χ2n) is 6.80. The maximum Gasteiger partial charge on any atom is 0.233 e. The van der Waals surface area contributed by atoms with Crippen molar-refractivity contribution in [3.63, 3.8) is 0 Å². The predicted octanol–water partition coefficient (Wildman–Crippen LogP) is 4.17. The van der Waals surface area contributed by atoms with E-state index in [9.17, 15) is 4.79 Å². The smallest absolute Gasteiger partial charge is 0.233 e. The molecule has 5 nitrogen and oxygen atoms in total. The summed E-state index contributed by atoms with van der Waals surface area (Å²) in [5, 5.41) is 2.81. The minimum atomic E-state index is 0.0696. The van der Waals surface area contributed by atoms with E-state index < -0.39 is 0 Å². The second-order valence-corrected chi connectivity index (χ2v) is 7.74. The SMILES string of the molecule is COc1ccc2c(c1)CCN2C(=O)Cc1csc(COc2ccc(C)cc2)n1. The number of nitrogens with zero attached hydrogens (tertiary/aromatic N) is 2. The van der Waals surface area contributed by atoms with E-state index in [4.69, 9.17) is 9.47 Å². The number of methoxy groups -OCH3 is 1. The molecule has 1 aliphatic heterocycles. The van der Waals surface area contributed by atoms with Gasteiger partial charge in [0, 0.05) is 17.6 Å². The normalized spacial score (nSPS) is 12.7. The Hall–Kier alpha value is -2.86. The Morgan fingerprint density at radius 3 is 2.75 bits per heavy atom. The number of benzene rings is 2. The molecular weight excluding hydrogens is 372 g/mol. The fourth-order valence-corrected chi connectivity index (χ4v) is 4.00. The van der Waals surface area contributed by atoms with Gasteiger partial charge >= 0.3 is 0 Å². The monoisotopic (exact) mass is 394 g/mol. The zero-order valence-electron chi connectivity index (χ0n) is 16.0. The van der Waals surface area contributed by atoms with Crippen molar-refractivity contribution in [3.05, 3.63) is 69.7 Å². The van der Waals surface area contributed by atoms with Crippen LogP contribution in [0.3, 0.4) is 0 Å². The minimum Gasteiger partial charge on any atom is -0.497 e. The van der Waals surface area contributed by atoms with Gasteiger partial charge in [0.2, 0.25) is 5.91 Å². The predicted molar refractivity (Wildman–Crippen MR) is 110 cm³/mol. The van der Waals surface area contributed by atoms with Crippen molar-refractivity contribution < 1.29 is 14.3 Å². The quantitative estimate of drug-likeness (QED) is 0.630. The Labute approximate surface area is 168 Å². The summed E-state index contributed by atoms with van der Waals surface area (Å²) in [5.41, 5.74) is 4.12. The zero-order valence-corrected chi connectivity index (χ0v) is 16.8. The van der Waals surface area contributed by atoms with Gasteiger partial charge in [-0.15, -0.1) is 11.3 Å². The lowest BCUT2D eigenvalue weighted by molar-refractivity contribution is -0.117. The first-order chi connectivity index (χ1) is 13.6.